The maximum absolute atomic E-state index is 3.56. The van der Waals surface area contributed by atoms with Gasteiger partial charge in [0.25, 0.3) is 0 Å². The minimum atomic E-state index is 0.649. The fourth-order valence-corrected chi connectivity index (χ4v) is 1.10. The van der Waals surface area contributed by atoms with E-state index in [9.17, 15) is 0 Å². The van der Waals surface area contributed by atoms with E-state index in [1.54, 1.807) is 0 Å². The molecule has 2 unspecified atom stereocenters. The molecule has 2 atom stereocenters. The van der Waals surface area contributed by atoms with Gasteiger partial charge in [-0.15, -0.1) is 0 Å². The van der Waals surface area contributed by atoms with Crippen LogP contribution in [0.2, 0.25) is 0 Å². The van der Waals surface area contributed by atoms with Crippen molar-refractivity contribution in [3.05, 3.63) is 0 Å². The maximum Gasteiger partial charge on any atom is 0.00510 e. The van der Waals surface area contributed by atoms with E-state index in [-0.39, 0.29) is 0 Å². The normalized spacial score (nSPS) is 16.2. The van der Waals surface area contributed by atoms with Crippen LogP contribution in [0.4, 0.5) is 0 Å². The summed E-state index contributed by atoms with van der Waals surface area (Å²) in [6, 6.07) is 0.649. The Hall–Kier alpha value is -0.0800. The van der Waals surface area contributed by atoms with Gasteiger partial charge in [-0.05, 0) is 46.4 Å². The molecule has 0 spiro atoms. The van der Waals surface area contributed by atoms with Crippen LogP contribution < -0.4 is 5.32 Å². The summed E-state index contributed by atoms with van der Waals surface area (Å²) < 4.78 is 0. The van der Waals surface area contributed by atoms with E-state index < -0.39 is 0 Å². The van der Waals surface area contributed by atoms with Crippen LogP contribution >= 0.6 is 0 Å². The Morgan fingerprint density at radius 2 is 1.85 bits per heavy atom. The summed E-state index contributed by atoms with van der Waals surface area (Å²) in [5.74, 6) is 0.807. The molecule has 0 amide bonds. The van der Waals surface area contributed by atoms with Gasteiger partial charge >= 0.3 is 0 Å². The first-order chi connectivity index (χ1) is 6.06. The molecule has 13 heavy (non-hydrogen) atoms. The highest BCUT2D eigenvalue weighted by Gasteiger charge is 2.03. The molecule has 0 fully saturated rings. The number of rotatable bonds is 7. The average molecular weight is 186 g/mol. The second-order valence-corrected chi connectivity index (χ2v) is 4.41. The van der Waals surface area contributed by atoms with E-state index >= 15 is 0 Å². The smallest absolute Gasteiger partial charge is 0.00510 e. The monoisotopic (exact) mass is 186 g/mol. The van der Waals surface area contributed by atoms with Crippen molar-refractivity contribution in [2.45, 2.75) is 39.7 Å². The van der Waals surface area contributed by atoms with E-state index in [1.165, 1.54) is 19.4 Å². The summed E-state index contributed by atoms with van der Waals surface area (Å²) in [6.45, 7) is 9.15. The van der Waals surface area contributed by atoms with Gasteiger partial charge in [0.2, 0.25) is 0 Å². The third kappa shape index (κ3) is 8.26. The minimum Gasteiger partial charge on any atom is -0.314 e. The summed E-state index contributed by atoms with van der Waals surface area (Å²) in [6.07, 6.45) is 2.51. The van der Waals surface area contributed by atoms with Gasteiger partial charge < -0.3 is 10.2 Å². The van der Waals surface area contributed by atoms with Crippen LogP contribution in [0.3, 0.4) is 0 Å². The Kier molecular flexibility index (Phi) is 7.29. The van der Waals surface area contributed by atoms with Gasteiger partial charge in [-0.1, -0.05) is 20.3 Å². The summed E-state index contributed by atoms with van der Waals surface area (Å²) in [7, 11) is 4.25. The summed E-state index contributed by atoms with van der Waals surface area (Å²) in [4.78, 5) is 2.24. The molecule has 0 aromatic heterocycles. The van der Waals surface area contributed by atoms with Gasteiger partial charge in [-0.2, -0.15) is 0 Å². The van der Waals surface area contributed by atoms with E-state index in [0.717, 1.165) is 12.5 Å². The van der Waals surface area contributed by atoms with Crippen LogP contribution in [-0.2, 0) is 0 Å². The van der Waals surface area contributed by atoms with Gasteiger partial charge in [-0.25, -0.2) is 0 Å². The van der Waals surface area contributed by atoms with Gasteiger partial charge in [0, 0.05) is 6.04 Å². The summed E-state index contributed by atoms with van der Waals surface area (Å²) >= 11 is 0. The number of hydrogen-bond acceptors (Lipinski definition) is 2. The van der Waals surface area contributed by atoms with Gasteiger partial charge in [-0.3, -0.25) is 0 Å². The van der Waals surface area contributed by atoms with Crippen LogP contribution in [0.25, 0.3) is 0 Å². The molecule has 0 aromatic rings. The van der Waals surface area contributed by atoms with Gasteiger partial charge in [0.1, 0.15) is 0 Å². The number of nitrogens with zero attached hydrogens (tertiary/aromatic N) is 1. The van der Waals surface area contributed by atoms with Crippen molar-refractivity contribution in [3.8, 4) is 0 Å². The minimum absolute atomic E-state index is 0.649. The lowest BCUT2D eigenvalue weighted by molar-refractivity contribution is 0.356. The fraction of sp³-hybridized carbons (Fsp3) is 1.00. The summed E-state index contributed by atoms with van der Waals surface area (Å²) in [5, 5.41) is 3.56. The molecule has 2 heteroatoms. The fourth-order valence-electron chi connectivity index (χ4n) is 1.10. The first-order valence-corrected chi connectivity index (χ1v) is 5.44. The lowest BCUT2D eigenvalue weighted by Crippen LogP contribution is -2.32. The van der Waals surface area contributed by atoms with Crippen LogP contribution in [0.15, 0.2) is 0 Å². The quantitative estimate of drug-likeness (QED) is 0.654. The van der Waals surface area contributed by atoms with Crippen LogP contribution in [-0.4, -0.2) is 38.1 Å². The zero-order valence-corrected chi connectivity index (χ0v) is 9.93. The van der Waals surface area contributed by atoms with Crippen molar-refractivity contribution in [3.63, 3.8) is 0 Å². The molecule has 0 bridgehead atoms. The zero-order valence-electron chi connectivity index (χ0n) is 9.93. The molecule has 0 saturated carbocycles. The Balaban J connectivity index is 3.34. The largest absolute Gasteiger partial charge is 0.314 e. The highest BCUT2D eigenvalue weighted by molar-refractivity contribution is 4.64. The molecule has 80 valence electrons. The molecule has 0 saturated heterocycles. The second-order valence-electron chi connectivity index (χ2n) is 4.41. The van der Waals surface area contributed by atoms with Gasteiger partial charge in [0.15, 0.2) is 0 Å². The number of nitrogens with one attached hydrogen (secondary N) is 1. The van der Waals surface area contributed by atoms with Crippen LogP contribution in [0.5, 0.6) is 0 Å². The molecule has 0 aliphatic carbocycles. The highest BCUT2D eigenvalue weighted by Crippen LogP contribution is 1.99. The molecule has 0 aliphatic heterocycles. The molecule has 0 rings (SSSR count). The molecule has 1 N–H and O–H groups in total. The molecular weight excluding hydrogens is 160 g/mol. The standard InChI is InChI=1S/C11H26N2/c1-6-10(2)9-12-11(3)7-8-13(4)5/h10-12H,6-9H2,1-5H3. The first-order valence-electron chi connectivity index (χ1n) is 5.44. The summed E-state index contributed by atoms with van der Waals surface area (Å²) in [5.41, 5.74) is 0. The van der Waals surface area contributed by atoms with Crippen LogP contribution in [0.1, 0.15) is 33.6 Å². The average Bonchev–Trinajstić information content (AvgIpc) is 2.10. The lowest BCUT2D eigenvalue weighted by Gasteiger charge is -2.18. The third-order valence-corrected chi connectivity index (χ3v) is 2.52. The van der Waals surface area contributed by atoms with Crippen molar-refractivity contribution in [1.82, 2.24) is 10.2 Å². The Morgan fingerprint density at radius 1 is 1.23 bits per heavy atom. The molecule has 0 aromatic carbocycles. The van der Waals surface area contributed by atoms with E-state index in [1.807, 2.05) is 0 Å². The predicted molar refractivity (Wildman–Crippen MR) is 60.1 cm³/mol. The number of hydrogen-bond donors (Lipinski definition) is 1. The predicted octanol–water partition coefficient (Wildman–Crippen LogP) is 1.96. The van der Waals surface area contributed by atoms with E-state index in [2.05, 4.69) is 45.1 Å². The van der Waals surface area contributed by atoms with Crippen molar-refractivity contribution < 1.29 is 0 Å². The van der Waals surface area contributed by atoms with Crippen molar-refractivity contribution in [2.75, 3.05) is 27.2 Å². The van der Waals surface area contributed by atoms with Crippen LogP contribution in [0, 0.1) is 5.92 Å². The van der Waals surface area contributed by atoms with E-state index in [4.69, 9.17) is 0 Å². The molecule has 2 nitrogen and oxygen atoms in total. The Morgan fingerprint density at radius 3 is 2.31 bits per heavy atom. The molecule has 0 radical (unpaired) electrons. The van der Waals surface area contributed by atoms with Crippen molar-refractivity contribution >= 4 is 0 Å². The maximum atomic E-state index is 3.56. The van der Waals surface area contributed by atoms with Gasteiger partial charge in [0.05, 0.1) is 0 Å². The third-order valence-electron chi connectivity index (χ3n) is 2.52. The Bertz CT molecular complexity index is 113. The van der Waals surface area contributed by atoms with E-state index in [0.29, 0.717) is 6.04 Å². The van der Waals surface area contributed by atoms with Crippen molar-refractivity contribution in [1.29, 1.82) is 0 Å². The zero-order chi connectivity index (χ0) is 10.3. The SMILES string of the molecule is CCC(C)CNC(C)CCN(C)C. The highest BCUT2D eigenvalue weighted by atomic mass is 15.1. The van der Waals surface area contributed by atoms with Crippen molar-refractivity contribution in [2.24, 2.45) is 5.92 Å². The lowest BCUT2D eigenvalue weighted by atomic mass is 10.1. The topological polar surface area (TPSA) is 15.3 Å². The Labute approximate surface area is 83.7 Å². The second kappa shape index (κ2) is 7.34. The molecule has 0 heterocycles. The molecular formula is C11H26N2. The first kappa shape index (κ1) is 12.9. The molecule has 0 aliphatic rings.